The van der Waals surface area contributed by atoms with E-state index in [0.29, 0.717) is 6.54 Å². The topological polar surface area (TPSA) is 69.6 Å². The number of rotatable bonds is 5. The third kappa shape index (κ3) is 5.95. The lowest BCUT2D eigenvalue weighted by atomic mass is 10.3. The van der Waals surface area contributed by atoms with Crippen molar-refractivity contribution in [3.8, 4) is 0 Å². The highest BCUT2D eigenvalue weighted by molar-refractivity contribution is 5.79. The number of hydrogen-bond donors (Lipinski definition) is 2. The number of nitrogens with one attached hydrogen (secondary N) is 1. The van der Waals surface area contributed by atoms with Crippen molar-refractivity contribution in [2.24, 2.45) is 0 Å². The predicted molar refractivity (Wildman–Crippen MR) is 48.6 cm³/mol. The Bertz CT molecular complexity index is 182. The van der Waals surface area contributed by atoms with Gasteiger partial charge in [0.15, 0.2) is 0 Å². The molecule has 0 aromatic heterocycles. The fourth-order valence-corrected chi connectivity index (χ4v) is 0.782. The number of nitrogens with zero attached hydrogens (tertiary/aromatic N) is 1. The Kier molecular flexibility index (Phi) is 5.67. The molecule has 5 heteroatoms. The van der Waals surface area contributed by atoms with Crippen molar-refractivity contribution in [2.45, 2.75) is 19.8 Å². The van der Waals surface area contributed by atoms with E-state index in [1.165, 1.54) is 7.05 Å². The highest BCUT2D eigenvalue weighted by Gasteiger charge is 2.10. The summed E-state index contributed by atoms with van der Waals surface area (Å²) in [7, 11) is 1.45. The van der Waals surface area contributed by atoms with Crippen molar-refractivity contribution >= 4 is 12.0 Å². The van der Waals surface area contributed by atoms with E-state index in [-0.39, 0.29) is 12.6 Å². The maximum atomic E-state index is 11.1. The first-order valence-corrected chi connectivity index (χ1v) is 4.28. The van der Waals surface area contributed by atoms with Crippen LogP contribution in [0.1, 0.15) is 19.8 Å². The average Bonchev–Trinajstić information content (AvgIpc) is 2.03. The molecule has 2 amide bonds. The van der Waals surface area contributed by atoms with Gasteiger partial charge in [0.1, 0.15) is 6.54 Å². The molecule has 0 saturated heterocycles. The third-order valence-corrected chi connectivity index (χ3v) is 1.53. The van der Waals surface area contributed by atoms with E-state index in [1.54, 1.807) is 0 Å². The summed E-state index contributed by atoms with van der Waals surface area (Å²) in [4.78, 5) is 22.5. The van der Waals surface area contributed by atoms with Crippen molar-refractivity contribution in [2.75, 3.05) is 20.1 Å². The summed E-state index contributed by atoms with van der Waals surface area (Å²) in [5.74, 6) is -1.01. The molecule has 76 valence electrons. The standard InChI is InChI=1S/C8H16N2O3/c1-3-4-5-9-8(13)10(2)6-7(11)12/h3-6H2,1-2H3,(H,9,13)(H,11,12). The molecule has 0 aliphatic carbocycles. The van der Waals surface area contributed by atoms with Gasteiger partial charge in [-0.25, -0.2) is 4.79 Å². The Morgan fingerprint density at radius 1 is 1.46 bits per heavy atom. The maximum Gasteiger partial charge on any atom is 0.323 e. The maximum absolute atomic E-state index is 11.1. The first-order valence-electron chi connectivity index (χ1n) is 4.28. The molecule has 0 atom stereocenters. The van der Waals surface area contributed by atoms with E-state index >= 15 is 0 Å². The van der Waals surface area contributed by atoms with E-state index in [1.807, 2.05) is 6.92 Å². The second-order valence-corrected chi connectivity index (χ2v) is 2.84. The predicted octanol–water partition coefficient (Wildman–Crippen LogP) is 0.512. The van der Waals surface area contributed by atoms with Crippen LogP contribution in [0.3, 0.4) is 0 Å². The molecule has 0 bridgehead atoms. The zero-order chi connectivity index (χ0) is 10.3. The van der Waals surface area contributed by atoms with Gasteiger partial charge in [-0.1, -0.05) is 13.3 Å². The first kappa shape index (κ1) is 11.7. The molecule has 0 radical (unpaired) electrons. The van der Waals surface area contributed by atoms with Crippen LogP contribution >= 0.6 is 0 Å². The number of hydrogen-bond acceptors (Lipinski definition) is 2. The number of likely N-dealkylation sites (N-methyl/N-ethyl adjacent to an activating group) is 1. The summed E-state index contributed by atoms with van der Waals surface area (Å²) in [5, 5.41) is 11.0. The molecular weight excluding hydrogens is 172 g/mol. The van der Waals surface area contributed by atoms with Gasteiger partial charge in [0.2, 0.25) is 0 Å². The Balaban J connectivity index is 3.63. The number of carboxylic acid groups (broad SMARTS) is 1. The fraction of sp³-hybridized carbons (Fsp3) is 0.750. The zero-order valence-electron chi connectivity index (χ0n) is 8.04. The minimum Gasteiger partial charge on any atom is -0.480 e. The minimum absolute atomic E-state index is 0.266. The van der Waals surface area contributed by atoms with E-state index < -0.39 is 5.97 Å². The molecule has 2 N–H and O–H groups in total. The van der Waals surface area contributed by atoms with Crippen LogP contribution in [0, 0.1) is 0 Å². The molecule has 13 heavy (non-hydrogen) atoms. The van der Waals surface area contributed by atoms with Gasteiger partial charge in [-0.05, 0) is 6.42 Å². The number of carbonyl (C=O) groups is 2. The van der Waals surface area contributed by atoms with Gasteiger partial charge in [0.25, 0.3) is 0 Å². The van der Waals surface area contributed by atoms with Crippen molar-refractivity contribution < 1.29 is 14.7 Å². The van der Waals surface area contributed by atoms with Crippen molar-refractivity contribution in [3.63, 3.8) is 0 Å². The number of carboxylic acids is 1. The number of urea groups is 1. The Morgan fingerprint density at radius 3 is 2.54 bits per heavy atom. The largest absolute Gasteiger partial charge is 0.480 e. The van der Waals surface area contributed by atoms with Gasteiger partial charge in [0, 0.05) is 13.6 Å². The lowest BCUT2D eigenvalue weighted by Crippen LogP contribution is -2.40. The van der Waals surface area contributed by atoms with Gasteiger partial charge < -0.3 is 15.3 Å². The van der Waals surface area contributed by atoms with E-state index in [4.69, 9.17) is 5.11 Å². The third-order valence-electron chi connectivity index (χ3n) is 1.53. The number of unbranched alkanes of at least 4 members (excludes halogenated alkanes) is 1. The van der Waals surface area contributed by atoms with Crippen LogP contribution in [0.4, 0.5) is 4.79 Å². The van der Waals surface area contributed by atoms with Crippen LogP contribution in [0.5, 0.6) is 0 Å². The van der Waals surface area contributed by atoms with Gasteiger partial charge >= 0.3 is 12.0 Å². The molecule has 5 nitrogen and oxygen atoms in total. The average molecular weight is 188 g/mol. The van der Waals surface area contributed by atoms with Gasteiger partial charge in [-0.2, -0.15) is 0 Å². The fourth-order valence-electron chi connectivity index (χ4n) is 0.782. The summed E-state index contributed by atoms with van der Waals surface area (Å²) in [6.45, 7) is 2.35. The molecule has 0 aromatic rings. The molecule has 0 spiro atoms. The summed E-state index contributed by atoms with van der Waals surface area (Å²) < 4.78 is 0. The highest BCUT2D eigenvalue weighted by Crippen LogP contribution is 1.86. The van der Waals surface area contributed by atoms with Gasteiger partial charge in [-0.3, -0.25) is 4.79 Å². The van der Waals surface area contributed by atoms with Crippen LogP contribution in [0.2, 0.25) is 0 Å². The lowest BCUT2D eigenvalue weighted by Gasteiger charge is -2.14. The SMILES string of the molecule is CCCCNC(=O)N(C)CC(=O)O. The number of aliphatic carboxylic acids is 1. The molecule has 0 unspecified atom stereocenters. The minimum atomic E-state index is -1.01. The van der Waals surface area contributed by atoms with Crippen LogP contribution in [-0.4, -0.2) is 42.1 Å². The molecular formula is C8H16N2O3. The molecule has 0 rings (SSSR count). The first-order chi connectivity index (χ1) is 6.07. The molecule has 0 aromatic carbocycles. The second kappa shape index (κ2) is 6.28. The van der Waals surface area contributed by atoms with Crippen molar-refractivity contribution in [3.05, 3.63) is 0 Å². The van der Waals surface area contributed by atoms with Crippen molar-refractivity contribution in [1.29, 1.82) is 0 Å². The summed E-state index contributed by atoms with van der Waals surface area (Å²) in [6.07, 6.45) is 1.91. The molecule has 0 aliphatic heterocycles. The molecule has 0 heterocycles. The molecule has 0 fully saturated rings. The van der Waals surface area contributed by atoms with Gasteiger partial charge in [-0.15, -0.1) is 0 Å². The Morgan fingerprint density at radius 2 is 2.08 bits per heavy atom. The highest BCUT2D eigenvalue weighted by atomic mass is 16.4. The molecule has 0 aliphatic rings. The summed E-state index contributed by atoms with van der Waals surface area (Å²) >= 11 is 0. The van der Waals surface area contributed by atoms with E-state index in [9.17, 15) is 9.59 Å². The molecule has 0 saturated carbocycles. The van der Waals surface area contributed by atoms with Gasteiger partial charge in [0.05, 0.1) is 0 Å². The quantitative estimate of drug-likeness (QED) is 0.618. The van der Waals surface area contributed by atoms with Crippen LogP contribution in [0.15, 0.2) is 0 Å². The Hall–Kier alpha value is -1.26. The van der Waals surface area contributed by atoms with E-state index in [0.717, 1.165) is 17.7 Å². The number of amides is 2. The zero-order valence-corrected chi connectivity index (χ0v) is 8.04. The summed E-state index contributed by atoms with van der Waals surface area (Å²) in [5.41, 5.74) is 0. The Labute approximate surface area is 77.7 Å². The number of carbonyl (C=O) groups excluding carboxylic acids is 1. The monoisotopic (exact) mass is 188 g/mol. The van der Waals surface area contributed by atoms with Crippen LogP contribution in [0.25, 0.3) is 0 Å². The normalized spacial score (nSPS) is 9.38. The van der Waals surface area contributed by atoms with Crippen LogP contribution in [-0.2, 0) is 4.79 Å². The second-order valence-electron chi connectivity index (χ2n) is 2.84. The van der Waals surface area contributed by atoms with E-state index in [2.05, 4.69) is 5.32 Å². The van der Waals surface area contributed by atoms with Crippen LogP contribution < -0.4 is 5.32 Å². The lowest BCUT2D eigenvalue weighted by molar-refractivity contribution is -0.137. The summed E-state index contributed by atoms with van der Waals surface area (Å²) in [6, 6.07) is -0.337. The van der Waals surface area contributed by atoms with Crippen molar-refractivity contribution in [1.82, 2.24) is 10.2 Å². The smallest absolute Gasteiger partial charge is 0.323 e.